The van der Waals surface area contributed by atoms with Crippen molar-refractivity contribution in [3.8, 4) is 0 Å². The third-order valence-corrected chi connectivity index (χ3v) is 4.74. The molecule has 2 amide bonds. The molecule has 1 aromatic carbocycles. The molecule has 5 nitrogen and oxygen atoms in total. The lowest BCUT2D eigenvalue weighted by molar-refractivity contribution is -0.136. The number of carbonyl (C=O) groups is 2. The maximum Gasteiger partial charge on any atom is 0.227 e. The van der Waals surface area contributed by atoms with Crippen molar-refractivity contribution < 1.29 is 9.59 Å². The topological polar surface area (TPSA) is 62.3 Å². The quantitative estimate of drug-likeness (QED) is 0.834. The molecule has 1 fully saturated rings. The van der Waals surface area contributed by atoms with Gasteiger partial charge in [0.2, 0.25) is 11.8 Å². The Balaban J connectivity index is 1.55. The van der Waals surface area contributed by atoms with E-state index in [1.165, 1.54) is 0 Å². The van der Waals surface area contributed by atoms with Crippen molar-refractivity contribution in [2.45, 2.75) is 39.4 Å². The number of benzene rings is 1. The van der Waals surface area contributed by atoms with E-state index in [0.29, 0.717) is 19.5 Å². The number of nitrogens with zero attached hydrogens (tertiary/aromatic N) is 2. The third kappa shape index (κ3) is 4.48. The zero-order chi connectivity index (χ0) is 18.5. The maximum atomic E-state index is 12.9. The lowest BCUT2D eigenvalue weighted by atomic mass is 10.1. The van der Waals surface area contributed by atoms with Crippen LogP contribution in [0.15, 0.2) is 54.9 Å². The molecule has 1 N–H and O–H groups in total. The highest BCUT2D eigenvalue weighted by Gasteiger charge is 2.49. The van der Waals surface area contributed by atoms with E-state index in [9.17, 15) is 9.59 Å². The monoisotopic (exact) mass is 351 g/mol. The van der Waals surface area contributed by atoms with E-state index in [-0.39, 0.29) is 29.7 Å². The molecule has 26 heavy (non-hydrogen) atoms. The van der Waals surface area contributed by atoms with Gasteiger partial charge in [0.1, 0.15) is 0 Å². The number of aromatic nitrogens is 1. The van der Waals surface area contributed by atoms with E-state index < -0.39 is 0 Å². The van der Waals surface area contributed by atoms with Crippen LogP contribution in [0.25, 0.3) is 0 Å². The first-order chi connectivity index (χ1) is 12.6. The largest absolute Gasteiger partial charge is 0.352 e. The van der Waals surface area contributed by atoms with Gasteiger partial charge in [-0.05, 0) is 37.5 Å². The molecule has 1 heterocycles. The van der Waals surface area contributed by atoms with E-state index in [0.717, 1.165) is 11.1 Å². The summed E-state index contributed by atoms with van der Waals surface area (Å²) in [5.41, 5.74) is 2.06. The predicted molar refractivity (Wildman–Crippen MR) is 99.8 cm³/mol. The van der Waals surface area contributed by atoms with E-state index in [4.69, 9.17) is 0 Å². The zero-order valence-corrected chi connectivity index (χ0v) is 15.3. The van der Waals surface area contributed by atoms with E-state index in [1.54, 1.807) is 12.4 Å². The summed E-state index contributed by atoms with van der Waals surface area (Å²) in [6, 6.07) is 13.8. The Bertz CT molecular complexity index is 746. The molecule has 0 bridgehead atoms. The normalized spacial score (nSPS) is 18.4. The van der Waals surface area contributed by atoms with Crippen LogP contribution in [-0.2, 0) is 22.7 Å². The van der Waals surface area contributed by atoms with E-state index in [2.05, 4.69) is 10.3 Å². The van der Waals surface area contributed by atoms with Crippen molar-refractivity contribution in [3.63, 3.8) is 0 Å². The molecule has 0 aliphatic heterocycles. The first kappa shape index (κ1) is 18.1. The van der Waals surface area contributed by atoms with Gasteiger partial charge in [-0.1, -0.05) is 36.4 Å². The summed E-state index contributed by atoms with van der Waals surface area (Å²) in [6.45, 7) is 5.06. The molecular weight excluding hydrogens is 326 g/mol. The minimum Gasteiger partial charge on any atom is -0.352 e. The number of hydrogen-bond donors (Lipinski definition) is 1. The second-order valence-corrected chi connectivity index (χ2v) is 7.07. The molecular formula is C21H25N3O2. The summed E-state index contributed by atoms with van der Waals surface area (Å²) >= 11 is 0. The molecule has 1 aromatic heterocycles. The van der Waals surface area contributed by atoms with Gasteiger partial charge in [-0.3, -0.25) is 14.6 Å². The summed E-state index contributed by atoms with van der Waals surface area (Å²) in [5.74, 6) is -0.382. The highest BCUT2D eigenvalue weighted by Crippen LogP contribution is 2.40. The average molecular weight is 351 g/mol. The first-order valence-electron chi connectivity index (χ1n) is 9.07. The fourth-order valence-corrected chi connectivity index (χ4v) is 3.09. The highest BCUT2D eigenvalue weighted by atomic mass is 16.2. The minimum atomic E-state index is -0.212. The SMILES string of the molecule is CC(C)N(Cc1ccccc1)C(=O)C1CC1C(=O)NCc1cccnc1. The van der Waals surface area contributed by atoms with Gasteiger partial charge in [-0.15, -0.1) is 0 Å². The Hall–Kier alpha value is -2.69. The lowest BCUT2D eigenvalue weighted by Crippen LogP contribution is -2.38. The molecule has 5 heteroatoms. The molecule has 2 aromatic rings. The van der Waals surface area contributed by atoms with Gasteiger partial charge in [0.05, 0.1) is 11.8 Å². The number of carbonyl (C=O) groups excluding carboxylic acids is 2. The van der Waals surface area contributed by atoms with Gasteiger partial charge < -0.3 is 10.2 Å². The van der Waals surface area contributed by atoms with Gasteiger partial charge in [0, 0.05) is 31.5 Å². The standard InChI is InChI=1S/C21H25N3O2/c1-15(2)24(14-16-7-4-3-5-8-16)21(26)19-11-18(19)20(25)23-13-17-9-6-10-22-12-17/h3-10,12,15,18-19H,11,13-14H2,1-2H3,(H,23,25). The third-order valence-electron chi connectivity index (χ3n) is 4.74. The van der Waals surface area contributed by atoms with Crippen molar-refractivity contribution >= 4 is 11.8 Å². The Morgan fingerprint density at radius 3 is 2.50 bits per heavy atom. The van der Waals surface area contributed by atoms with Crippen molar-refractivity contribution in [2.75, 3.05) is 0 Å². The van der Waals surface area contributed by atoms with Crippen LogP contribution in [0.5, 0.6) is 0 Å². The summed E-state index contributed by atoms with van der Waals surface area (Å²) in [4.78, 5) is 31.1. The first-order valence-corrected chi connectivity index (χ1v) is 9.07. The van der Waals surface area contributed by atoms with Crippen LogP contribution >= 0.6 is 0 Å². The molecule has 1 saturated carbocycles. The molecule has 3 rings (SSSR count). The summed E-state index contributed by atoms with van der Waals surface area (Å²) in [7, 11) is 0. The van der Waals surface area contributed by atoms with Crippen molar-refractivity contribution in [1.29, 1.82) is 0 Å². The Kier molecular flexibility index (Phi) is 5.66. The average Bonchev–Trinajstić information content (AvgIpc) is 3.46. The van der Waals surface area contributed by atoms with Crippen LogP contribution in [0, 0.1) is 11.8 Å². The van der Waals surface area contributed by atoms with Crippen molar-refractivity contribution in [3.05, 3.63) is 66.0 Å². The molecule has 2 unspecified atom stereocenters. The van der Waals surface area contributed by atoms with Crippen LogP contribution < -0.4 is 5.32 Å². The Morgan fingerprint density at radius 1 is 1.12 bits per heavy atom. The fraction of sp³-hybridized carbons (Fsp3) is 0.381. The van der Waals surface area contributed by atoms with Gasteiger partial charge in [0.15, 0.2) is 0 Å². The van der Waals surface area contributed by atoms with Crippen LogP contribution in [0.4, 0.5) is 0 Å². The van der Waals surface area contributed by atoms with Gasteiger partial charge in [-0.2, -0.15) is 0 Å². The molecule has 1 aliphatic carbocycles. The predicted octanol–water partition coefficient (Wildman–Crippen LogP) is 2.77. The van der Waals surface area contributed by atoms with Crippen LogP contribution in [-0.4, -0.2) is 27.7 Å². The Morgan fingerprint density at radius 2 is 1.85 bits per heavy atom. The van der Waals surface area contributed by atoms with Gasteiger partial charge in [0.25, 0.3) is 0 Å². The van der Waals surface area contributed by atoms with E-state index in [1.807, 2.05) is 61.2 Å². The van der Waals surface area contributed by atoms with Crippen LogP contribution in [0.3, 0.4) is 0 Å². The lowest BCUT2D eigenvalue weighted by Gasteiger charge is -2.27. The molecule has 136 valence electrons. The molecule has 1 aliphatic rings. The van der Waals surface area contributed by atoms with Crippen molar-refractivity contribution in [1.82, 2.24) is 15.2 Å². The Labute approximate surface area is 154 Å². The molecule has 0 radical (unpaired) electrons. The molecule has 0 saturated heterocycles. The highest BCUT2D eigenvalue weighted by molar-refractivity contribution is 5.92. The number of amides is 2. The summed E-state index contributed by atoms with van der Waals surface area (Å²) in [6.07, 6.45) is 4.07. The van der Waals surface area contributed by atoms with Gasteiger partial charge in [-0.25, -0.2) is 0 Å². The number of nitrogens with one attached hydrogen (secondary N) is 1. The van der Waals surface area contributed by atoms with Crippen molar-refractivity contribution in [2.24, 2.45) is 11.8 Å². The molecule has 0 spiro atoms. The smallest absolute Gasteiger partial charge is 0.227 e. The maximum absolute atomic E-state index is 12.9. The minimum absolute atomic E-state index is 0.0457. The second kappa shape index (κ2) is 8.13. The summed E-state index contributed by atoms with van der Waals surface area (Å²) < 4.78 is 0. The van der Waals surface area contributed by atoms with Crippen LogP contribution in [0.2, 0.25) is 0 Å². The van der Waals surface area contributed by atoms with Gasteiger partial charge >= 0.3 is 0 Å². The summed E-state index contributed by atoms with van der Waals surface area (Å²) in [5, 5.41) is 2.91. The number of rotatable bonds is 7. The number of hydrogen-bond acceptors (Lipinski definition) is 3. The number of pyridine rings is 1. The second-order valence-electron chi connectivity index (χ2n) is 7.07. The zero-order valence-electron chi connectivity index (χ0n) is 15.3. The molecule has 2 atom stereocenters. The van der Waals surface area contributed by atoms with Crippen LogP contribution in [0.1, 0.15) is 31.4 Å². The van der Waals surface area contributed by atoms with E-state index >= 15 is 0 Å². The fourth-order valence-electron chi connectivity index (χ4n) is 3.09.